The average molecular weight is 260 g/mol. The zero-order valence-corrected chi connectivity index (χ0v) is 12.6. The predicted molar refractivity (Wildman–Crippen MR) is 82.2 cm³/mol. The number of nitrogens with zero attached hydrogens (tertiary/aromatic N) is 1. The fraction of sp³-hybridized carbons (Fsp3) is 0.647. The van der Waals surface area contributed by atoms with Crippen LogP contribution in [0.4, 0.5) is 0 Å². The van der Waals surface area contributed by atoms with E-state index in [1.54, 1.807) is 0 Å². The molecular weight excluding hydrogens is 232 g/mol. The van der Waals surface area contributed by atoms with Crippen molar-refractivity contribution >= 4 is 0 Å². The maximum Gasteiger partial charge on any atom is 0.0424 e. The lowest BCUT2D eigenvalue weighted by Gasteiger charge is -2.30. The van der Waals surface area contributed by atoms with Gasteiger partial charge in [0.05, 0.1) is 0 Å². The third-order valence-electron chi connectivity index (χ3n) is 4.65. The van der Waals surface area contributed by atoms with Gasteiger partial charge < -0.3 is 5.73 Å². The van der Waals surface area contributed by atoms with Crippen LogP contribution in [0.25, 0.3) is 0 Å². The number of rotatable bonds is 5. The van der Waals surface area contributed by atoms with Crippen LogP contribution in [-0.2, 0) is 6.42 Å². The molecule has 0 bridgehead atoms. The van der Waals surface area contributed by atoms with Gasteiger partial charge in [-0.2, -0.15) is 0 Å². The zero-order valence-electron chi connectivity index (χ0n) is 12.6. The molecule has 2 heteroatoms. The molecule has 19 heavy (non-hydrogen) atoms. The maximum atomic E-state index is 6.40. The van der Waals surface area contributed by atoms with Gasteiger partial charge in [-0.15, -0.1) is 0 Å². The van der Waals surface area contributed by atoms with Crippen molar-refractivity contribution in [2.45, 2.75) is 64.6 Å². The first kappa shape index (κ1) is 14.5. The summed E-state index contributed by atoms with van der Waals surface area (Å²) in [7, 11) is 0. The summed E-state index contributed by atoms with van der Waals surface area (Å²) in [6.45, 7) is 7.80. The lowest BCUT2D eigenvalue weighted by Crippen LogP contribution is -2.39. The summed E-state index contributed by atoms with van der Waals surface area (Å²) in [5, 5.41) is 0. The minimum Gasteiger partial charge on any atom is -0.323 e. The number of aryl methyl sites for hydroxylation is 1. The van der Waals surface area contributed by atoms with Crippen molar-refractivity contribution in [3.8, 4) is 0 Å². The molecule has 1 aliphatic rings. The molecule has 0 aliphatic carbocycles. The molecule has 1 fully saturated rings. The van der Waals surface area contributed by atoms with E-state index >= 15 is 0 Å². The quantitative estimate of drug-likeness (QED) is 0.878. The second-order valence-corrected chi connectivity index (χ2v) is 5.89. The smallest absolute Gasteiger partial charge is 0.0424 e. The maximum absolute atomic E-state index is 6.40. The zero-order chi connectivity index (χ0) is 13.8. The molecule has 1 aromatic rings. The van der Waals surface area contributed by atoms with Crippen molar-refractivity contribution in [3.63, 3.8) is 0 Å². The van der Waals surface area contributed by atoms with E-state index in [1.807, 2.05) is 0 Å². The van der Waals surface area contributed by atoms with Gasteiger partial charge in [-0.1, -0.05) is 38.1 Å². The summed E-state index contributed by atoms with van der Waals surface area (Å²) in [4.78, 5) is 2.61. The van der Waals surface area contributed by atoms with Gasteiger partial charge in [-0.05, 0) is 43.7 Å². The first-order chi connectivity index (χ1) is 9.15. The molecule has 0 spiro atoms. The van der Waals surface area contributed by atoms with Gasteiger partial charge in [0.25, 0.3) is 0 Å². The number of nitrogens with two attached hydrogens (primary N) is 1. The molecular formula is C17H28N2. The van der Waals surface area contributed by atoms with Crippen LogP contribution in [0.5, 0.6) is 0 Å². The molecule has 0 aromatic heterocycles. The highest BCUT2D eigenvalue weighted by Gasteiger charge is 2.30. The Morgan fingerprint density at radius 1 is 1.21 bits per heavy atom. The summed E-state index contributed by atoms with van der Waals surface area (Å²) < 4.78 is 0. The summed E-state index contributed by atoms with van der Waals surface area (Å²) in [6, 6.07) is 10.4. The van der Waals surface area contributed by atoms with Crippen LogP contribution in [0.1, 0.15) is 57.2 Å². The van der Waals surface area contributed by atoms with E-state index in [0.29, 0.717) is 6.04 Å². The Bertz CT molecular complexity index is 385. The molecule has 0 saturated carbocycles. The Morgan fingerprint density at radius 2 is 1.89 bits per heavy atom. The Labute approximate surface area is 118 Å². The van der Waals surface area contributed by atoms with Crippen molar-refractivity contribution in [1.82, 2.24) is 4.90 Å². The van der Waals surface area contributed by atoms with Crippen molar-refractivity contribution in [1.29, 1.82) is 0 Å². The third-order valence-corrected chi connectivity index (χ3v) is 4.65. The predicted octanol–water partition coefficient (Wildman–Crippen LogP) is 3.51. The largest absolute Gasteiger partial charge is 0.323 e. The lowest BCUT2D eigenvalue weighted by atomic mass is 10.0. The normalized spacial score (nSPS) is 25.7. The minimum atomic E-state index is 0.139. The van der Waals surface area contributed by atoms with Gasteiger partial charge in [0.2, 0.25) is 0 Å². The number of hydrogen-bond donors (Lipinski definition) is 1. The van der Waals surface area contributed by atoms with E-state index in [9.17, 15) is 0 Å². The second kappa shape index (κ2) is 6.53. The summed E-state index contributed by atoms with van der Waals surface area (Å²) in [5.41, 5.74) is 9.06. The van der Waals surface area contributed by atoms with E-state index < -0.39 is 0 Å². The highest BCUT2D eigenvalue weighted by molar-refractivity contribution is 5.25. The Kier molecular flexibility index (Phi) is 5.00. The molecule has 1 heterocycles. The molecule has 1 aromatic carbocycles. The van der Waals surface area contributed by atoms with Crippen molar-refractivity contribution < 1.29 is 0 Å². The first-order valence-corrected chi connectivity index (χ1v) is 7.75. The monoisotopic (exact) mass is 260 g/mol. The molecule has 0 radical (unpaired) electrons. The molecule has 3 atom stereocenters. The summed E-state index contributed by atoms with van der Waals surface area (Å²) >= 11 is 0. The van der Waals surface area contributed by atoms with E-state index in [1.165, 1.54) is 30.4 Å². The molecule has 2 N–H and O–H groups in total. The van der Waals surface area contributed by atoms with Crippen molar-refractivity contribution in [2.75, 3.05) is 6.54 Å². The Morgan fingerprint density at radius 3 is 2.47 bits per heavy atom. The van der Waals surface area contributed by atoms with Gasteiger partial charge in [-0.25, -0.2) is 0 Å². The van der Waals surface area contributed by atoms with Gasteiger partial charge in [0.1, 0.15) is 0 Å². The Hall–Kier alpha value is -0.860. The Balaban J connectivity index is 2.01. The molecule has 1 saturated heterocycles. The fourth-order valence-electron chi connectivity index (χ4n) is 3.23. The minimum absolute atomic E-state index is 0.139. The first-order valence-electron chi connectivity index (χ1n) is 7.75. The van der Waals surface area contributed by atoms with E-state index in [0.717, 1.165) is 19.0 Å². The van der Waals surface area contributed by atoms with E-state index in [2.05, 4.69) is 49.9 Å². The van der Waals surface area contributed by atoms with Crippen LogP contribution >= 0.6 is 0 Å². The third kappa shape index (κ3) is 3.37. The highest BCUT2D eigenvalue weighted by atomic mass is 15.2. The van der Waals surface area contributed by atoms with Gasteiger partial charge in [-0.3, -0.25) is 4.90 Å². The van der Waals surface area contributed by atoms with Crippen LogP contribution in [-0.4, -0.2) is 23.5 Å². The molecule has 3 unspecified atom stereocenters. The van der Waals surface area contributed by atoms with Gasteiger partial charge >= 0.3 is 0 Å². The molecule has 1 aliphatic heterocycles. The van der Waals surface area contributed by atoms with E-state index in [-0.39, 0.29) is 6.04 Å². The van der Waals surface area contributed by atoms with Crippen LogP contribution in [0.15, 0.2) is 24.3 Å². The molecule has 2 nitrogen and oxygen atoms in total. The fourth-order valence-corrected chi connectivity index (χ4v) is 3.23. The number of likely N-dealkylation sites (tertiary alicyclic amines) is 1. The van der Waals surface area contributed by atoms with Crippen LogP contribution < -0.4 is 5.73 Å². The number of hydrogen-bond acceptors (Lipinski definition) is 2. The van der Waals surface area contributed by atoms with Gasteiger partial charge in [0.15, 0.2) is 0 Å². The lowest BCUT2D eigenvalue weighted by molar-refractivity contribution is 0.186. The highest BCUT2D eigenvalue weighted by Crippen LogP contribution is 2.28. The topological polar surface area (TPSA) is 29.3 Å². The van der Waals surface area contributed by atoms with Crippen LogP contribution in [0, 0.1) is 0 Å². The van der Waals surface area contributed by atoms with Gasteiger partial charge in [0, 0.05) is 24.7 Å². The number of benzene rings is 1. The van der Waals surface area contributed by atoms with Crippen molar-refractivity contribution in [3.05, 3.63) is 35.4 Å². The molecule has 2 rings (SSSR count). The summed E-state index contributed by atoms with van der Waals surface area (Å²) in [6.07, 6.45) is 4.99. The summed E-state index contributed by atoms with van der Waals surface area (Å²) in [5.74, 6) is 0. The second-order valence-electron chi connectivity index (χ2n) is 5.89. The van der Waals surface area contributed by atoms with Crippen LogP contribution in [0.2, 0.25) is 0 Å². The average Bonchev–Trinajstić information content (AvgIpc) is 2.79. The van der Waals surface area contributed by atoms with Crippen LogP contribution in [0.3, 0.4) is 0 Å². The molecule has 106 valence electrons. The van der Waals surface area contributed by atoms with E-state index in [4.69, 9.17) is 5.73 Å². The SMILES string of the molecule is CCc1ccc(C(N)CN2C(C)CCC2CC)cc1. The molecule has 0 amide bonds. The van der Waals surface area contributed by atoms with Crippen molar-refractivity contribution in [2.24, 2.45) is 5.73 Å². The standard InChI is InChI=1S/C17H28N2/c1-4-14-7-9-15(10-8-14)17(18)12-19-13(3)6-11-16(19)5-2/h7-10,13,16-17H,4-6,11-12,18H2,1-3H3.